The van der Waals surface area contributed by atoms with Crippen LogP contribution in [-0.4, -0.2) is 41.3 Å². The summed E-state index contributed by atoms with van der Waals surface area (Å²) in [5, 5.41) is 0. The smallest absolute Gasteiger partial charge is 0.246 e. The van der Waals surface area contributed by atoms with Crippen molar-refractivity contribution in [2.24, 2.45) is 11.7 Å². The Labute approximate surface area is 141 Å². The van der Waals surface area contributed by atoms with Crippen LogP contribution in [0.25, 0.3) is 11.0 Å². The van der Waals surface area contributed by atoms with Crippen LogP contribution in [0.5, 0.6) is 0 Å². The summed E-state index contributed by atoms with van der Waals surface area (Å²) >= 11 is 0. The molecule has 0 bridgehead atoms. The van der Waals surface area contributed by atoms with Gasteiger partial charge in [0.05, 0.1) is 17.1 Å². The van der Waals surface area contributed by atoms with E-state index in [0.717, 1.165) is 36.4 Å². The SMILES string of the molecule is Cl.NC(C(=O)N1CCn2c1nc1ccccc12)C1CCOCC1. The van der Waals surface area contributed by atoms with Crippen molar-refractivity contribution in [3.63, 3.8) is 0 Å². The molecule has 1 fully saturated rings. The highest BCUT2D eigenvalue weighted by molar-refractivity contribution is 5.98. The average molecular weight is 337 g/mol. The van der Waals surface area contributed by atoms with E-state index in [1.54, 1.807) is 4.90 Å². The van der Waals surface area contributed by atoms with E-state index in [-0.39, 0.29) is 24.2 Å². The third-order valence-corrected chi connectivity index (χ3v) is 4.75. The number of carbonyl (C=O) groups excluding carboxylic acids is 1. The predicted molar refractivity (Wildman–Crippen MR) is 90.9 cm³/mol. The van der Waals surface area contributed by atoms with Gasteiger partial charge in [-0.25, -0.2) is 4.98 Å². The normalized spacial score (nSPS) is 19.4. The summed E-state index contributed by atoms with van der Waals surface area (Å²) in [6.45, 7) is 2.83. The highest BCUT2D eigenvalue weighted by atomic mass is 35.5. The fourth-order valence-corrected chi connectivity index (χ4v) is 3.45. The van der Waals surface area contributed by atoms with Gasteiger partial charge < -0.3 is 15.0 Å². The van der Waals surface area contributed by atoms with Crippen LogP contribution >= 0.6 is 12.4 Å². The molecule has 1 aromatic carbocycles. The van der Waals surface area contributed by atoms with Crippen LogP contribution in [0.1, 0.15) is 12.8 Å². The van der Waals surface area contributed by atoms with Gasteiger partial charge in [-0.3, -0.25) is 9.69 Å². The number of aromatic nitrogens is 2. The fourth-order valence-electron chi connectivity index (χ4n) is 3.45. The molecule has 1 saturated heterocycles. The molecular formula is C16H21ClN4O2. The molecule has 7 heteroatoms. The van der Waals surface area contributed by atoms with E-state index in [9.17, 15) is 4.79 Å². The second-order valence-corrected chi connectivity index (χ2v) is 6.02. The van der Waals surface area contributed by atoms with E-state index >= 15 is 0 Å². The number of amides is 1. The van der Waals surface area contributed by atoms with Crippen molar-refractivity contribution in [3.05, 3.63) is 24.3 Å². The standard InChI is InChI=1S/C16H20N4O2.ClH/c17-14(11-5-9-22-10-6-11)15(21)20-8-7-19-13-4-2-1-3-12(13)18-16(19)20;/h1-4,11,14H,5-10,17H2;1H. The minimum atomic E-state index is -0.463. The Morgan fingerprint density at radius 1 is 1.26 bits per heavy atom. The minimum absolute atomic E-state index is 0. The summed E-state index contributed by atoms with van der Waals surface area (Å²) in [4.78, 5) is 19.2. The highest BCUT2D eigenvalue weighted by Crippen LogP contribution is 2.29. The number of benzene rings is 1. The molecule has 1 aromatic heterocycles. The number of halogens is 1. The number of imidazole rings is 1. The van der Waals surface area contributed by atoms with Gasteiger partial charge in [0.15, 0.2) is 0 Å². The molecule has 0 saturated carbocycles. The molecular weight excluding hydrogens is 316 g/mol. The molecule has 0 radical (unpaired) electrons. The highest BCUT2D eigenvalue weighted by Gasteiger charge is 2.35. The van der Waals surface area contributed by atoms with Crippen LogP contribution in [0.3, 0.4) is 0 Å². The number of nitrogens with zero attached hydrogens (tertiary/aromatic N) is 3. The first kappa shape index (κ1) is 16.2. The first-order valence-corrected chi connectivity index (χ1v) is 7.85. The Kier molecular flexibility index (Phi) is 4.57. The summed E-state index contributed by atoms with van der Waals surface area (Å²) in [6.07, 6.45) is 1.72. The van der Waals surface area contributed by atoms with Gasteiger partial charge in [0.1, 0.15) is 0 Å². The molecule has 1 unspecified atom stereocenters. The zero-order valence-corrected chi connectivity index (χ0v) is 13.7. The second kappa shape index (κ2) is 6.47. The number of hydrogen-bond acceptors (Lipinski definition) is 4. The molecule has 2 aliphatic rings. The van der Waals surface area contributed by atoms with E-state index in [1.807, 2.05) is 24.3 Å². The summed E-state index contributed by atoms with van der Waals surface area (Å²) in [5.74, 6) is 0.925. The first-order valence-electron chi connectivity index (χ1n) is 7.85. The lowest BCUT2D eigenvalue weighted by molar-refractivity contribution is -0.121. The molecule has 2 aliphatic heterocycles. The number of rotatable bonds is 2. The molecule has 0 spiro atoms. The number of hydrogen-bond donors (Lipinski definition) is 1. The van der Waals surface area contributed by atoms with E-state index in [4.69, 9.17) is 10.5 Å². The number of nitrogens with two attached hydrogens (primary N) is 1. The Hall–Kier alpha value is -1.63. The molecule has 2 N–H and O–H groups in total. The zero-order chi connectivity index (χ0) is 15.1. The predicted octanol–water partition coefficient (Wildman–Crippen LogP) is 1.56. The number of para-hydroxylation sites is 2. The molecule has 1 amide bonds. The lowest BCUT2D eigenvalue weighted by Crippen LogP contribution is -2.48. The van der Waals surface area contributed by atoms with Crippen molar-refractivity contribution >= 4 is 35.3 Å². The molecule has 23 heavy (non-hydrogen) atoms. The van der Waals surface area contributed by atoms with Gasteiger partial charge in [-0.05, 0) is 30.9 Å². The summed E-state index contributed by atoms with van der Waals surface area (Å²) < 4.78 is 7.46. The van der Waals surface area contributed by atoms with Crippen molar-refractivity contribution in [2.75, 3.05) is 24.7 Å². The fraction of sp³-hybridized carbons (Fsp3) is 0.500. The molecule has 6 nitrogen and oxygen atoms in total. The van der Waals surface area contributed by atoms with E-state index in [0.29, 0.717) is 19.8 Å². The summed E-state index contributed by atoms with van der Waals surface area (Å²) in [6, 6.07) is 7.51. The van der Waals surface area contributed by atoms with Crippen molar-refractivity contribution in [1.29, 1.82) is 0 Å². The monoisotopic (exact) mass is 336 g/mol. The van der Waals surface area contributed by atoms with Crippen molar-refractivity contribution in [1.82, 2.24) is 9.55 Å². The zero-order valence-electron chi connectivity index (χ0n) is 12.9. The first-order chi connectivity index (χ1) is 10.8. The van der Waals surface area contributed by atoms with Crippen molar-refractivity contribution in [3.8, 4) is 0 Å². The number of anilines is 1. The third-order valence-electron chi connectivity index (χ3n) is 4.75. The van der Waals surface area contributed by atoms with Crippen LogP contribution in [0.15, 0.2) is 24.3 Å². The maximum Gasteiger partial charge on any atom is 0.246 e. The average Bonchev–Trinajstić information content (AvgIpc) is 3.13. The Balaban J connectivity index is 0.00000156. The van der Waals surface area contributed by atoms with Crippen molar-refractivity contribution < 1.29 is 9.53 Å². The molecule has 124 valence electrons. The molecule has 4 rings (SSSR count). The van der Waals surface area contributed by atoms with Gasteiger partial charge in [-0.15, -0.1) is 12.4 Å². The van der Waals surface area contributed by atoms with Crippen LogP contribution in [-0.2, 0) is 16.1 Å². The Morgan fingerprint density at radius 3 is 2.78 bits per heavy atom. The number of carbonyl (C=O) groups is 1. The van der Waals surface area contributed by atoms with E-state index < -0.39 is 6.04 Å². The number of fused-ring (bicyclic) bond motifs is 3. The van der Waals surface area contributed by atoms with Gasteiger partial charge >= 0.3 is 0 Å². The quantitative estimate of drug-likeness (QED) is 0.903. The molecule has 2 aromatic rings. The van der Waals surface area contributed by atoms with Crippen molar-refractivity contribution in [2.45, 2.75) is 25.4 Å². The topological polar surface area (TPSA) is 73.4 Å². The van der Waals surface area contributed by atoms with Gasteiger partial charge in [-0.2, -0.15) is 0 Å². The second-order valence-electron chi connectivity index (χ2n) is 6.02. The molecule has 3 heterocycles. The van der Waals surface area contributed by atoms with Gasteiger partial charge in [0, 0.05) is 26.3 Å². The summed E-state index contributed by atoms with van der Waals surface area (Å²) in [7, 11) is 0. The minimum Gasteiger partial charge on any atom is -0.381 e. The van der Waals surface area contributed by atoms with Gasteiger partial charge in [-0.1, -0.05) is 12.1 Å². The van der Waals surface area contributed by atoms with Crippen LogP contribution < -0.4 is 10.6 Å². The van der Waals surface area contributed by atoms with Crippen LogP contribution in [0.4, 0.5) is 5.95 Å². The van der Waals surface area contributed by atoms with Crippen LogP contribution in [0.2, 0.25) is 0 Å². The molecule has 1 atom stereocenters. The third kappa shape index (κ3) is 2.71. The Morgan fingerprint density at radius 2 is 2.00 bits per heavy atom. The lowest BCUT2D eigenvalue weighted by Gasteiger charge is -2.29. The molecule has 0 aliphatic carbocycles. The lowest BCUT2D eigenvalue weighted by atomic mass is 9.91. The maximum absolute atomic E-state index is 12.8. The maximum atomic E-state index is 12.8. The number of ether oxygens (including phenoxy) is 1. The van der Waals surface area contributed by atoms with E-state index in [1.165, 1.54) is 0 Å². The van der Waals surface area contributed by atoms with Gasteiger partial charge in [0.2, 0.25) is 11.9 Å². The van der Waals surface area contributed by atoms with E-state index in [2.05, 4.69) is 9.55 Å². The van der Waals surface area contributed by atoms with Gasteiger partial charge in [0.25, 0.3) is 0 Å². The Bertz CT molecular complexity index is 711. The summed E-state index contributed by atoms with van der Waals surface area (Å²) in [5.41, 5.74) is 8.24. The van der Waals surface area contributed by atoms with Crippen LogP contribution in [0, 0.1) is 5.92 Å². The largest absolute Gasteiger partial charge is 0.381 e.